The number of likely N-dealkylation sites (N-methyl/N-ethyl adjacent to an activating group) is 1. The molecule has 39 heavy (non-hydrogen) atoms. The molecule has 2 aromatic heterocycles. The van der Waals surface area contributed by atoms with E-state index in [1.165, 1.54) is 18.5 Å². The van der Waals surface area contributed by atoms with Crippen LogP contribution in [0.3, 0.4) is 0 Å². The first-order chi connectivity index (χ1) is 18.9. The standard InChI is InChI=1S/C25H36N6O6PS/c1-16-21(32)19(37-24(16)31-15-28-20-22(31)29-25(26)30-23(20)34-3)14-36-38(33)39-11-7-10-18(27-2)13-35-12-17-8-5-4-6-9-17/h4-6,8-9,15-16,18-19,21,24,27,32H,7,10-14H2,1-3H3,(H2,26,29,30)/q+1. The number of aromatic nitrogens is 4. The van der Waals surface area contributed by atoms with Crippen molar-refractivity contribution in [1.82, 2.24) is 24.8 Å². The summed E-state index contributed by atoms with van der Waals surface area (Å²) in [4.78, 5) is 12.6. The number of aliphatic hydroxyl groups excluding tert-OH is 1. The molecule has 0 amide bonds. The van der Waals surface area contributed by atoms with E-state index in [1.807, 2.05) is 44.3 Å². The number of nitrogens with one attached hydrogen (secondary N) is 1. The lowest BCUT2D eigenvalue weighted by Crippen LogP contribution is -2.30. The molecular formula is C25H36N6O6PS+. The van der Waals surface area contributed by atoms with E-state index in [0.29, 0.717) is 30.1 Å². The number of benzene rings is 1. The zero-order valence-corrected chi connectivity index (χ0v) is 24.0. The van der Waals surface area contributed by atoms with Crippen LogP contribution in [0.1, 0.15) is 31.6 Å². The summed E-state index contributed by atoms with van der Waals surface area (Å²) in [6.45, 7) is 3.05. The Bertz CT molecular complexity index is 1220. The molecule has 0 aliphatic carbocycles. The van der Waals surface area contributed by atoms with Crippen molar-refractivity contribution in [2.45, 2.75) is 50.8 Å². The maximum atomic E-state index is 12.5. The highest BCUT2D eigenvalue weighted by molar-refractivity contribution is 8.50. The number of aliphatic hydroxyl groups is 1. The Kier molecular flexibility index (Phi) is 10.9. The van der Waals surface area contributed by atoms with Gasteiger partial charge in [0, 0.05) is 17.7 Å². The number of ether oxygens (including phenoxy) is 3. The number of methoxy groups -OCH3 is 1. The Morgan fingerprint density at radius 3 is 2.85 bits per heavy atom. The van der Waals surface area contributed by atoms with Gasteiger partial charge in [0.05, 0.1) is 32.8 Å². The van der Waals surface area contributed by atoms with Gasteiger partial charge in [-0.15, -0.1) is 4.52 Å². The van der Waals surface area contributed by atoms with Crippen molar-refractivity contribution in [2.24, 2.45) is 5.92 Å². The van der Waals surface area contributed by atoms with Crippen LogP contribution in [0.2, 0.25) is 0 Å². The normalized spacial score (nSPS) is 22.3. The highest BCUT2D eigenvalue weighted by atomic mass is 32.7. The first kappa shape index (κ1) is 29.6. The SMILES string of the molecule is CNC(CCCS[P+](=O)OCC1OC(n2cnc3c(OC)nc(N)nc32)C(C)C1O)COCc1ccccc1. The van der Waals surface area contributed by atoms with Gasteiger partial charge < -0.3 is 30.4 Å². The molecule has 1 aromatic carbocycles. The molecule has 212 valence electrons. The maximum absolute atomic E-state index is 12.5. The molecule has 6 atom stereocenters. The molecule has 4 rings (SSSR count). The molecule has 3 aromatic rings. The Hall–Kier alpha value is -2.38. The van der Waals surface area contributed by atoms with Crippen molar-refractivity contribution in [3.8, 4) is 5.88 Å². The lowest BCUT2D eigenvalue weighted by molar-refractivity contribution is -0.0382. The maximum Gasteiger partial charge on any atom is 0.585 e. The number of hydrogen-bond donors (Lipinski definition) is 3. The van der Waals surface area contributed by atoms with Gasteiger partial charge in [-0.1, -0.05) is 37.3 Å². The Morgan fingerprint density at radius 2 is 2.10 bits per heavy atom. The first-order valence-corrected chi connectivity index (χ1v) is 15.6. The number of rotatable bonds is 15. The van der Waals surface area contributed by atoms with Crippen molar-refractivity contribution < 1.29 is 28.4 Å². The molecule has 0 spiro atoms. The van der Waals surface area contributed by atoms with E-state index in [-0.39, 0.29) is 30.4 Å². The quantitative estimate of drug-likeness (QED) is 0.179. The second-order valence-electron chi connectivity index (χ2n) is 9.31. The number of fused-ring (bicyclic) bond motifs is 1. The molecule has 6 unspecified atom stereocenters. The molecule has 12 nitrogen and oxygen atoms in total. The number of nitrogens with two attached hydrogens (primary N) is 1. The van der Waals surface area contributed by atoms with Crippen molar-refractivity contribution in [2.75, 3.05) is 38.9 Å². The van der Waals surface area contributed by atoms with Gasteiger partial charge in [-0.25, -0.2) is 4.98 Å². The van der Waals surface area contributed by atoms with Crippen molar-refractivity contribution >= 4 is 35.7 Å². The van der Waals surface area contributed by atoms with E-state index in [4.69, 9.17) is 24.5 Å². The zero-order chi connectivity index (χ0) is 27.8. The minimum absolute atomic E-state index is 0.00372. The minimum Gasteiger partial charge on any atom is -0.479 e. The molecule has 1 aliphatic rings. The Morgan fingerprint density at radius 1 is 1.31 bits per heavy atom. The molecule has 14 heteroatoms. The van der Waals surface area contributed by atoms with Crippen LogP contribution >= 0.6 is 18.6 Å². The second-order valence-corrected chi connectivity index (χ2v) is 12.4. The third-order valence-corrected chi connectivity index (χ3v) is 9.17. The number of anilines is 1. The van der Waals surface area contributed by atoms with Gasteiger partial charge in [0.2, 0.25) is 11.8 Å². The first-order valence-electron chi connectivity index (χ1n) is 12.8. The average Bonchev–Trinajstić information content (AvgIpc) is 3.48. The van der Waals surface area contributed by atoms with Gasteiger partial charge in [-0.2, -0.15) is 9.97 Å². The van der Waals surface area contributed by atoms with Gasteiger partial charge in [-0.05, 0) is 30.0 Å². The van der Waals surface area contributed by atoms with Crippen molar-refractivity contribution in [1.29, 1.82) is 0 Å². The summed E-state index contributed by atoms with van der Waals surface area (Å²) < 4.78 is 36.9. The van der Waals surface area contributed by atoms with E-state index in [1.54, 1.807) is 10.9 Å². The van der Waals surface area contributed by atoms with Gasteiger partial charge in [0.1, 0.15) is 18.9 Å². The number of nitrogens with zero attached hydrogens (tertiary/aromatic N) is 4. The van der Waals surface area contributed by atoms with Crippen LogP contribution < -0.4 is 15.8 Å². The summed E-state index contributed by atoms with van der Waals surface area (Å²) in [5, 5.41) is 14.0. The van der Waals surface area contributed by atoms with E-state index in [9.17, 15) is 9.67 Å². The summed E-state index contributed by atoms with van der Waals surface area (Å²) in [5.74, 6) is 0.689. The molecule has 1 saturated heterocycles. The van der Waals surface area contributed by atoms with Crippen LogP contribution in [0, 0.1) is 5.92 Å². The lowest BCUT2D eigenvalue weighted by atomic mass is 10.0. The zero-order valence-electron chi connectivity index (χ0n) is 22.3. The van der Waals surface area contributed by atoms with Crippen LogP contribution in [0.5, 0.6) is 5.88 Å². The second kappa shape index (κ2) is 14.3. The Balaban J connectivity index is 1.19. The molecular weight excluding hydrogens is 543 g/mol. The summed E-state index contributed by atoms with van der Waals surface area (Å²) >= 11 is 1.26. The smallest absolute Gasteiger partial charge is 0.479 e. The fourth-order valence-corrected chi connectivity index (χ4v) is 6.46. The molecule has 0 saturated carbocycles. The van der Waals surface area contributed by atoms with E-state index in [0.717, 1.165) is 18.4 Å². The van der Waals surface area contributed by atoms with Gasteiger partial charge in [0.25, 0.3) is 0 Å². The van der Waals surface area contributed by atoms with E-state index < -0.39 is 25.7 Å². The van der Waals surface area contributed by atoms with Crippen LogP contribution in [-0.4, -0.2) is 76.0 Å². The number of imidazole rings is 1. The van der Waals surface area contributed by atoms with Crippen LogP contribution in [-0.2, 0) is 25.2 Å². The third kappa shape index (κ3) is 7.63. The van der Waals surface area contributed by atoms with E-state index in [2.05, 4.69) is 20.3 Å². The third-order valence-electron chi connectivity index (χ3n) is 6.63. The van der Waals surface area contributed by atoms with Crippen LogP contribution in [0.25, 0.3) is 11.2 Å². The molecule has 3 heterocycles. The summed E-state index contributed by atoms with van der Waals surface area (Å²) in [5.41, 5.74) is 7.85. The number of hydrogen-bond acceptors (Lipinski definition) is 12. The summed E-state index contributed by atoms with van der Waals surface area (Å²) in [6, 6.07) is 10.3. The van der Waals surface area contributed by atoms with Crippen LogP contribution in [0.15, 0.2) is 36.7 Å². The van der Waals surface area contributed by atoms with Gasteiger partial charge >= 0.3 is 7.23 Å². The molecule has 4 N–H and O–H groups in total. The topological polar surface area (TPSA) is 156 Å². The minimum atomic E-state index is -1.95. The fraction of sp³-hybridized carbons (Fsp3) is 0.560. The van der Waals surface area contributed by atoms with Crippen molar-refractivity contribution in [3.05, 3.63) is 42.2 Å². The average molecular weight is 580 g/mol. The van der Waals surface area contributed by atoms with E-state index >= 15 is 0 Å². The molecule has 1 aliphatic heterocycles. The molecule has 0 radical (unpaired) electrons. The highest BCUT2D eigenvalue weighted by Gasteiger charge is 2.44. The van der Waals surface area contributed by atoms with Gasteiger partial charge in [0.15, 0.2) is 22.5 Å². The lowest BCUT2D eigenvalue weighted by Gasteiger charge is -2.17. The number of nitrogen functional groups attached to an aromatic ring is 1. The van der Waals surface area contributed by atoms with Crippen LogP contribution in [0.4, 0.5) is 5.95 Å². The highest BCUT2D eigenvalue weighted by Crippen LogP contribution is 2.42. The van der Waals surface area contributed by atoms with Gasteiger partial charge in [-0.3, -0.25) is 4.57 Å². The molecule has 0 bridgehead atoms. The predicted molar refractivity (Wildman–Crippen MR) is 150 cm³/mol. The molecule has 1 fully saturated rings. The monoisotopic (exact) mass is 579 g/mol. The largest absolute Gasteiger partial charge is 0.585 e. The fourth-order valence-electron chi connectivity index (χ4n) is 4.43. The predicted octanol–water partition coefficient (Wildman–Crippen LogP) is 3.30. The van der Waals surface area contributed by atoms with Crippen molar-refractivity contribution in [3.63, 3.8) is 0 Å². The summed E-state index contributed by atoms with van der Waals surface area (Å²) in [7, 11) is 1.44. The Labute approximate surface area is 232 Å². The summed E-state index contributed by atoms with van der Waals surface area (Å²) in [6.07, 6.45) is 1.26.